The second-order valence-electron chi connectivity index (χ2n) is 2.02. The topological polar surface area (TPSA) is 0 Å². The van der Waals surface area contributed by atoms with E-state index < -0.39 is 0 Å². The first-order valence-electron chi connectivity index (χ1n) is 3.17. The Morgan fingerprint density at radius 3 is 2.33 bits per heavy atom. The van der Waals surface area contributed by atoms with Gasteiger partial charge in [-0.2, -0.15) is 0 Å². The molecular formula is C8H10Si. The van der Waals surface area contributed by atoms with Crippen molar-refractivity contribution >= 4 is 10.2 Å². The molecule has 1 heteroatoms. The minimum atomic E-state index is 1.16. The van der Waals surface area contributed by atoms with E-state index in [0.717, 1.165) is 6.04 Å². The summed E-state index contributed by atoms with van der Waals surface area (Å²) < 4.78 is 0. The maximum absolute atomic E-state index is 2.73. The molecule has 0 unspecified atom stereocenters. The highest BCUT2D eigenvalue weighted by Gasteiger charge is 1.84. The Balaban J connectivity index is 2.61. The fourth-order valence-electron chi connectivity index (χ4n) is 0.811. The summed E-state index contributed by atoms with van der Waals surface area (Å²) in [7, 11) is 2.73. The quantitative estimate of drug-likeness (QED) is 0.538. The zero-order chi connectivity index (χ0) is 6.53. The third-order valence-electron chi connectivity index (χ3n) is 1.28. The normalized spacial score (nSPS) is 9.44. The summed E-state index contributed by atoms with van der Waals surface area (Å²) in [4.78, 5) is 0. The second kappa shape index (κ2) is 3.46. The molecule has 0 aliphatic heterocycles. The Morgan fingerprint density at radius 1 is 1.11 bits per heavy atom. The molecule has 0 saturated heterocycles. The van der Waals surface area contributed by atoms with Gasteiger partial charge in [0, 0.05) is 10.2 Å². The Kier molecular flexibility index (Phi) is 2.52. The van der Waals surface area contributed by atoms with Crippen molar-refractivity contribution in [1.82, 2.24) is 0 Å². The first-order chi connectivity index (χ1) is 4.43. The number of hydrogen-bond donors (Lipinski definition) is 0. The molecule has 0 nitrogen and oxygen atoms in total. The number of rotatable bonds is 2. The molecule has 0 amide bonds. The van der Waals surface area contributed by atoms with Crippen molar-refractivity contribution in [2.24, 2.45) is 0 Å². The molecule has 0 atom stereocenters. The van der Waals surface area contributed by atoms with Crippen LogP contribution >= 0.6 is 0 Å². The lowest BCUT2D eigenvalue weighted by atomic mass is 10.2. The van der Waals surface area contributed by atoms with E-state index in [9.17, 15) is 0 Å². The molecule has 0 saturated carbocycles. The van der Waals surface area contributed by atoms with Crippen LogP contribution in [0.25, 0.3) is 0 Å². The van der Waals surface area contributed by atoms with Crippen LogP contribution in [0.3, 0.4) is 0 Å². The van der Waals surface area contributed by atoms with Gasteiger partial charge in [-0.1, -0.05) is 36.4 Å². The van der Waals surface area contributed by atoms with E-state index in [-0.39, 0.29) is 0 Å². The predicted octanol–water partition coefficient (Wildman–Crippen LogP) is 1.55. The van der Waals surface area contributed by atoms with Crippen LogP contribution < -0.4 is 0 Å². The average Bonchev–Trinajstić information content (AvgIpc) is 1.91. The molecule has 1 rings (SSSR count). The zero-order valence-corrected chi connectivity index (χ0v) is 6.53. The van der Waals surface area contributed by atoms with Crippen LogP contribution in [0.2, 0.25) is 6.04 Å². The van der Waals surface area contributed by atoms with Gasteiger partial charge in [-0.05, 0) is 12.0 Å². The van der Waals surface area contributed by atoms with Crippen molar-refractivity contribution in [3.63, 3.8) is 0 Å². The fraction of sp³-hybridized carbons (Fsp3) is 0.250. The van der Waals surface area contributed by atoms with Gasteiger partial charge in [0.05, 0.1) is 0 Å². The lowest BCUT2D eigenvalue weighted by molar-refractivity contribution is 1.13. The number of aryl methyl sites for hydroxylation is 1. The summed E-state index contributed by atoms with van der Waals surface area (Å²) in [6.45, 7) is 0. The molecule has 0 spiro atoms. The summed E-state index contributed by atoms with van der Waals surface area (Å²) in [5.41, 5.74) is 1.42. The van der Waals surface area contributed by atoms with Crippen LogP contribution in [0.1, 0.15) is 5.56 Å². The predicted molar refractivity (Wildman–Crippen MR) is 42.1 cm³/mol. The first kappa shape index (κ1) is 6.56. The highest BCUT2D eigenvalue weighted by molar-refractivity contribution is 6.08. The monoisotopic (exact) mass is 134 g/mol. The van der Waals surface area contributed by atoms with Crippen LogP contribution in [0.5, 0.6) is 0 Å². The van der Waals surface area contributed by atoms with E-state index >= 15 is 0 Å². The van der Waals surface area contributed by atoms with E-state index in [1.807, 2.05) is 6.07 Å². The highest BCUT2D eigenvalue weighted by Crippen LogP contribution is 1.99. The van der Waals surface area contributed by atoms with Crippen molar-refractivity contribution in [2.45, 2.75) is 12.5 Å². The summed E-state index contributed by atoms with van der Waals surface area (Å²) in [5.74, 6) is 0. The summed E-state index contributed by atoms with van der Waals surface area (Å²) in [6, 6.07) is 11.7. The van der Waals surface area contributed by atoms with Gasteiger partial charge >= 0.3 is 0 Å². The van der Waals surface area contributed by atoms with Crippen molar-refractivity contribution in [1.29, 1.82) is 0 Å². The van der Waals surface area contributed by atoms with Crippen LogP contribution in [-0.2, 0) is 6.42 Å². The van der Waals surface area contributed by atoms with Gasteiger partial charge in [0.2, 0.25) is 0 Å². The van der Waals surface area contributed by atoms with Crippen LogP contribution in [-0.4, -0.2) is 10.2 Å². The number of hydrogen-bond acceptors (Lipinski definition) is 0. The third-order valence-corrected chi connectivity index (χ3v) is 1.56. The lowest BCUT2D eigenvalue weighted by Gasteiger charge is -1.93. The summed E-state index contributed by atoms with van der Waals surface area (Å²) in [5, 5.41) is 0. The summed E-state index contributed by atoms with van der Waals surface area (Å²) >= 11 is 0. The van der Waals surface area contributed by atoms with Gasteiger partial charge in [0.1, 0.15) is 0 Å². The Bertz CT molecular complexity index is 157. The van der Waals surface area contributed by atoms with Crippen molar-refractivity contribution in [3.8, 4) is 0 Å². The van der Waals surface area contributed by atoms with E-state index in [1.54, 1.807) is 0 Å². The molecule has 0 bridgehead atoms. The van der Waals surface area contributed by atoms with Crippen LogP contribution in [0.4, 0.5) is 0 Å². The molecule has 9 heavy (non-hydrogen) atoms. The minimum Gasteiger partial charge on any atom is -0.0622 e. The number of benzene rings is 1. The van der Waals surface area contributed by atoms with E-state index in [4.69, 9.17) is 0 Å². The van der Waals surface area contributed by atoms with Gasteiger partial charge in [0.15, 0.2) is 0 Å². The summed E-state index contributed by atoms with van der Waals surface area (Å²) in [6.07, 6.45) is 1.17. The van der Waals surface area contributed by atoms with E-state index in [2.05, 4.69) is 34.5 Å². The standard InChI is InChI=1S/C8H10Si/c9-7-6-8-4-2-1-3-5-8/h1-5,9H,6-7H2. The van der Waals surface area contributed by atoms with Crippen molar-refractivity contribution in [3.05, 3.63) is 35.9 Å². The largest absolute Gasteiger partial charge is 0.0622 e. The molecule has 0 heterocycles. The molecule has 0 fully saturated rings. The van der Waals surface area contributed by atoms with Gasteiger partial charge < -0.3 is 0 Å². The average molecular weight is 134 g/mol. The molecule has 1 aromatic carbocycles. The SMILES string of the molecule is [SiH]CCc1ccccc1. The molecule has 1 aromatic rings. The van der Waals surface area contributed by atoms with E-state index in [0.29, 0.717) is 0 Å². The van der Waals surface area contributed by atoms with E-state index in [1.165, 1.54) is 12.0 Å². The van der Waals surface area contributed by atoms with Gasteiger partial charge in [0.25, 0.3) is 0 Å². The molecule has 0 aliphatic rings. The van der Waals surface area contributed by atoms with Gasteiger partial charge in [-0.15, -0.1) is 0 Å². The van der Waals surface area contributed by atoms with Crippen molar-refractivity contribution in [2.75, 3.05) is 0 Å². The second-order valence-corrected chi connectivity index (χ2v) is 2.60. The Hall–Kier alpha value is -0.563. The maximum Gasteiger partial charge on any atom is 0.0148 e. The lowest BCUT2D eigenvalue weighted by Crippen LogP contribution is -1.80. The van der Waals surface area contributed by atoms with Crippen LogP contribution in [0.15, 0.2) is 30.3 Å². The molecule has 0 aromatic heterocycles. The zero-order valence-electron chi connectivity index (χ0n) is 5.38. The molecule has 0 aliphatic carbocycles. The third kappa shape index (κ3) is 2.02. The minimum absolute atomic E-state index is 1.16. The molecule has 0 N–H and O–H groups in total. The molecule has 46 valence electrons. The Morgan fingerprint density at radius 2 is 1.78 bits per heavy atom. The Labute approximate surface area is 59.3 Å². The van der Waals surface area contributed by atoms with Crippen LogP contribution in [0, 0.1) is 0 Å². The van der Waals surface area contributed by atoms with Gasteiger partial charge in [-0.3, -0.25) is 0 Å². The molecule has 2 radical (unpaired) electrons. The smallest absolute Gasteiger partial charge is 0.0148 e. The molecular weight excluding hydrogens is 124 g/mol. The van der Waals surface area contributed by atoms with Gasteiger partial charge in [-0.25, -0.2) is 0 Å². The van der Waals surface area contributed by atoms with Crippen molar-refractivity contribution < 1.29 is 0 Å². The maximum atomic E-state index is 2.73. The first-order valence-corrected chi connectivity index (χ1v) is 3.99. The highest BCUT2D eigenvalue weighted by atomic mass is 28.1. The fourth-order valence-corrected chi connectivity index (χ4v) is 1.14.